The highest BCUT2D eigenvalue weighted by molar-refractivity contribution is 5.94. The first-order valence-corrected chi connectivity index (χ1v) is 6.17. The Kier molecular flexibility index (Phi) is 3.06. The maximum atomic E-state index is 12.2. The SMILES string of the molecule is COc1nc(OC)nc(C2C(=O)Cc3ccccc32)n1. The van der Waals surface area contributed by atoms with Crippen LogP contribution in [0.3, 0.4) is 0 Å². The molecule has 1 aliphatic carbocycles. The Morgan fingerprint density at radius 2 is 1.70 bits per heavy atom. The molecule has 1 aliphatic rings. The fourth-order valence-electron chi connectivity index (χ4n) is 2.39. The number of ether oxygens (including phenoxy) is 2. The molecule has 1 aromatic heterocycles. The highest BCUT2D eigenvalue weighted by atomic mass is 16.5. The first kappa shape index (κ1) is 12.5. The maximum Gasteiger partial charge on any atom is 0.322 e. The van der Waals surface area contributed by atoms with Crippen molar-refractivity contribution in [1.29, 1.82) is 0 Å². The molecule has 1 unspecified atom stereocenters. The van der Waals surface area contributed by atoms with Gasteiger partial charge in [-0.25, -0.2) is 0 Å². The molecule has 0 radical (unpaired) electrons. The summed E-state index contributed by atoms with van der Waals surface area (Å²) in [6.07, 6.45) is 0.400. The number of carbonyl (C=O) groups is 1. The lowest BCUT2D eigenvalue weighted by molar-refractivity contribution is -0.118. The lowest BCUT2D eigenvalue weighted by Crippen LogP contribution is -2.14. The van der Waals surface area contributed by atoms with Crippen molar-refractivity contribution in [3.8, 4) is 12.0 Å². The van der Waals surface area contributed by atoms with Crippen LogP contribution in [0.4, 0.5) is 0 Å². The topological polar surface area (TPSA) is 74.2 Å². The molecule has 1 heterocycles. The number of nitrogens with zero attached hydrogens (tertiary/aromatic N) is 3. The lowest BCUT2D eigenvalue weighted by atomic mass is 10.00. The smallest absolute Gasteiger partial charge is 0.322 e. The molecule has 0 fully saturated rings. The summed E-state index contributed by atoms with van der Waals surface area (Å²) < 4.78 is 10.1. The number of ketones is 1. The number of aromatic nitrogens is 3. The number of Topliss-reactive ketones (excluding diaryl/α,β-unsaturated/α-hetero) is 1. The number of hydrogen-bond donors (Lipinski definition) is 0. The van der Waals surface area contributed by atoms with E-state index in [4.69, 9.17) is 9.47 Å². The molecule has 2 aromatic rings. The van der Waals surface area contributed by atoms with Crippen LogP contribution in [0, 0.1) is 0 Å². The predicted molar refractivity (Wildman–Crippen MR) is 69.9 cm³/mol. The van der Waals surface area contributed by atoms with Crippen molar-refractivity contribution in [2.24, 2.45) is 0 Å². The van der Waals surface area contributed by atoms with Gasteiger partial charge in [0.25, 0.3) is 0 Å². The summed E-state index contributed by atoms with van der Waals surface area (Å²) in [4.78, 5) is 24.6. The molecule has 1 atom stereocenters. The van der Waals surface area contributed by atoms with Crippen molar-refractivity contribution >= 4 is 5.78 Å². The minimum atomic E-state index is -0.475. The molecule has 0 saturated heterocycles. The van der Waals surface area contributed by atoms with Crippen molar-refractivity contribution in [3.63, 3.8) is 0 Å². The Morgan fingerprint density at radius 1 is 1.05 bits per heavy atom. The van der Waals surface area contributed by atoms with E-state index in [1.165, 1.54) is 14.2 Å². The second-order valence-electron chi connectivity index (χ2n) is 4.44. The Morgan fingerprint density at radius 3 is 2.35 bits per heavy atom. The van der Waals surface area contributed by atoms with E-state index in [0.717, 1.165) is 11.1 Å². The summed E-state index contributed by atoms with van der Waals surface area (Å²) in [6.45, 7) is 0. The largest absolute Gasteiger partial charge is 0.467 e. The Balaban J connectivity index is 2.11. The number of benzene rings is 1. The number of carbonyl (C=O) groups excluding carboxylic acids is 1. The van der Waals surface area contributed by atoms with Gasteiger partial charge < -0.3 is 9.47 Å². The van der Waals surface area contributed by atoms with Gasteiger partial charge in [-0.2, -0.15) is 9.97 Å². The van der Waals surface area contributed by atoms with Gasteiger partial charge >= 0.3 is 12.0 Å². The van der Waals surface area contributed by atoms with E-state index in [-0.39, 0.29) is 17.8 Å². The standard InChI is InChI=1S/C14H13N3O3/c1-19-13-15-12(16-14(17-13)20-2)11-9-6-4-3-5-8(9)7-10(11)18/h3-6,11H,7H2,1-2H3. The average molecular weight is 271 g/mol. The maximum absolute atomic E-state index is 12.2. The highest BCUT2D eigenvalue weighted by Gasteiger charge is 2.34. The summed E-state index contributed by atoms with van der Waals surface area (Å²) in [5.41, 5.74) is 1.95. The van der Waals surface area contributed by atoms with Gasteiger partial charge in [-0.15, -0.1) is 4.98 Å². The first-order valence-electron chi connectivity index (χ1n) is 6.17. The number of hydrogen-bond acceptors (Lipinski definition) is 6. The number of rotatable bonds is 3. The molecular weight excluding hydrogens is 258 g/mol. The van der Waals surface area contributed by atoms with Crippen LogP contribution >= 0.6 is 0 Å². The van der Waals surface area contributed by atoms with E-state index in [1.54, 1.807) is 0 Å². The molecule has 0 N–H and O–H groups in total. The molecule has 6 heteroatoms. The van der Waals surface area contributed by atoms with Crippen molar-refractivity contribution in [1.82, 2.24) is 15.0 Å². The molecule has 0 aliphatic heterocycles. The molecule has 0 spiro atoms. The summed E-state index contributed by atoms with van der Waals surface area (Å²) >= 11 is 0. The van der Waals surface area contributed by atoms with Crippen LogP contribution in [0.25, 0.3) is 0 Å². The van der Waals surface area contributed by atoms with E-state index in [9.17, 15) is 4.79 Å². The van der Waals surface area contributed by atoms with Gasteiger partial charge in [0.2, 0.25) is 0 Å². The molecule has 6 nitrogen and oxygen atoms in total. The van der Waals surface area contributed by atoms with Gasteiger partial charge in [0.1, 0.15) is 5.92 Å². The van der Waals surface area contributed by atoms with Crippen LogP contribution in [0.2, 0.25) is 0 Å². The van der Waals surface area contributed by atoms with E-state index < -0.39 is 5.92 Å². The average Bonchev–Trinajstić information content (AvgIpc) is 2.82. The van der Waals surface area contributed by atoms with E-state index in [0.29, 0.717) is 12.2 Å². The van der Waals surface area contributed by atoms with Crippen LogP contribution in [0.5, 0.6) is 12.0 Å². The zero-order valence-electron chi connectivity index (χ0n) is 11.2. The quantitative estimate of drug-likeness (QED) is 0.833. The molecule has 20 heavy (non-hydrogen) atoms. The normalized spacial score (nSPS) is 16.9. The minimum absolute atomic E-state index is 0.0708. The lowest BCUT2D eigenvalue weighted by Gasteiger charge is -2.10. The number of methoxy groups -OCH3 is 2. The van der Waals surface area contributed by atoms with Crippen molar-refractivity contribution < 1.29 is 14.3 Å². The van der Waals surface area contributed by atoms with Crippen LogP contribution in [0.1, 0.15) is 22.9 Å². The molecule has 0 amide bonds. The van der Waals surface area contributed by atoms with Crippen molar-refractivity contribution in [3.05, 3.63) is 41.2 Å². The fraction of sp³-hybridized carbons (Fsp3) is 0.286. The van der Waals surface area contributed by atoms with Gasteiger partial charge in [-0.3, -0.25) is 4.79 Å². The van der Waals surface area contributed by atoms with Gasteiger partial charge in [-0.1, -0.05) is 24.3 Å². The summed E-state index contributed by atoms with van der Waals surface area (Å²) in [6, 6.07) is 7.98. The summed E-state index contributed by atoms with van der Waals surface area (Å²) in [5, 5.41) is 0. The zero-order chi connectivity index (χ0) is 14.1. The first-order chi connectivity index (χ1) is 9.72. The van der Waals surface area contributed by atoms with Crippen LogP contribution in [-0.4, -0.2) is 35.0 Å². The van der Waals surface area contributed by atoms with Gasteiger partial charge in [0, 0.05) is 6.42 Å². The van der Waals surface area contributed by atoms with Gasteiger partial charge in [0.15, 0.2) is 11.6 Å². The predicted octanol–water partition coefficient (Wildman–Crippen LogP) is 1.15. The molecule has 0 bridgehead atoms. The monoisotopic (exact) mass is 271 g/mol. The third-order valence-electron chi connectivity index (χ3n) is 3.29. The van der Waals surface area contributed by atoms with E-state index in [1.807, 2.05) is 24.3 Å². The van der Waals surface area contributed by atoms with Crippen molar-refractivity contribution in [2.45, 2.75) is 12.3 Å². The van der Waals surface area contributed by atoms with E-state index in [2.05, 4.69) is 15.0 Å². The molecule has 102 valence electrons. The second kappa shape index (κ2) is 4.88. The second-order valence-corrected chi connectivity index (χ2v) is 4.44. The summed E-state index contributed by atoms with van der Waals surface area (Å²) in [5.74, 6) is -0.0397. The van der Waals surface area contributed by atoms with Crippen LogP contribution in [0.15, 0.2) is 24.3 Å². The van der Waals surface area contributed by atoms with Crippen molar-refractivity contribution in [2.75, 3.05) is 14.2 Å². The third-order valence-corrected chi connectivity index (χ3v) is 3.29. The van der Waals surface area contributed by atoms with Crippen LogP contribution < -0.4 is 9.47 Å². The van der Waals surface area contributed by atoms with Gasteiger partial charge in [-0.05, 0) is 11.1 Å². The number of fused-ring (bicyclic) bond motifs is 1. The summed E-state index contributed by atoms with van der Waals surface area (Å²) in [7, 11) is 2.92. The fourth-order valence-corrected chi connectivity index (χ4v) is 2.39. The molecule has 3 rings (SSSR count). The molecular formula is C14H13N3O3. The Bertz CT molecular complexity index is 650. The van der Waals surface area contributed by atoms with Gasteiger partial charge in [0.05, 0.1) is 14.2 Å². The third kappa shape index (κ3) is 1.99. The molecule has 1 aromatic carbocycles. The highest BCUT2D eigenvalue weighted by Crippen LogP contribution is 2.34. The zero-order valence-corrected chi connectivity index (χ0v) is 11.2. The van der Waals surface area contributed by atoms with Crippen LogP contribution in [-0.2, 0) is 11.2 Å². The molecule has 0 saturated carbocycles. The Hall–Kier alpha value is -2.50. The van der Waals surface area contributed by atoms with E-state index >= 15 is 0 Å². The minimum Gasteiger partial charge on any atom is -0.467 e. The Labute approximate surface area is 115 Å².